The molecule has 5 rings (SSSR count). The molecule has 1 atom stereocenters. The van der Waals surface area contributed by atoms with Gasteiger partial charge in [0.1, 0.15) is 0 Å². The molecule has 0 spiro atoms. The van der Waals surface area contributed by atoms with Crippen molar-refractivity contribution in [2.75, 3.05) is 16.8 Å². The van der Waals surface area contributed by atoms with Gasteiger partial charge >= 0.3 is 0 Å². The standard InChI is InChI=1S/C24H22N4/c25-14-9-11-15(12-10-14)28-24-22-19-8-4-3-6-17(19)16-5-1-2-7-18(16)20(22)13-21(26)23(24)27/h1-9,11-14,28H,10,25-27H2. The number of fused-ring (bicyclic) bond motifs is 6. The Hall–Kier alpha value is -3.50. The SMILES string of the molecule is Nc1cc2c3ccccc3c3ccccc3c2c(NC2=CCC(N)C=C2)c1N. The molecule has 0 amide bonds. The van der Waals surface area contributed by atoms with E-state index >= 15 is 0 Å². The number of hydrogen-bond acceptors (Lipinski definition) is 4. The Morgan fingerprint density at radius 3 is 2.07 bits per heavy atom. The molecule has 0 bridgehead atoms. The third-order valence-corrected chi connectivity index (χ3v) is 5.51. The summed E-state index contributed by atoms with van der Waals surface area (Å²) in [5, 5.41) is 10.4. The summed E-state index contributed by atoms with van der Waals surface area (Å²) in [5.74, 6) is 0. The molecule has 0 saturated carbocycles. The van der Waals surface area contributed by atoms with Gasteiger partial charge in [-0.25, -0.2) is 0 Å². The van der Waals surface area contributed by atoms with Crippen LogP contribution in [0.5, 0.6) is 0 Å². The molecule has 1 aliphatic rings. The molecule has 4 aromatic carbocycles. The van der Waals surface area contributed by atoms with Crippen LogP contribution in [0.4, 0.5) is 17.1 Å². The predicted molar refractivity (Wildman–Crippen MR) is 121 cm³/mol. The number of hydrogen-bond donors (Lipinski definition) is 4. The van der Waals surface area contributed by atoms with Gasteiger partial charge in [-0.3, -0.25) is 0 Å². The number of anilines is 3. The lowest BCUT2D eigenvalue weighted by atomic mass is 9.92. The van der Waals surface area contributed by atoms with Gasteiger partial charge in [0, 0.05) is 17.1 Å². The normalized spacial score (nSPS) is 16.6. The number of benzene rings is 4. The topological polar surface area (TPSA) is 90.1 Å². The molecule has 0 saturated heterocycles. The highest BCUT2D eigenvalue weighted by atomic mass is 14.9. The van der Waals surface area contributed by atoms with Crippen LogP contribution in [0.25, 0.3) is 32.3 Å². The molecule has 4 aromatic rings. The van der Waals surface area contributed by atoms with Gasteiger partial charge in [-0.05, 0) is 45.5 Å². The second-order valence-electron chi connectivity index (χ2n) is 7.31. The van der Waals surface area contributed by atoms with Gasteiger partial charge in [-0.2, -0.15) is 0 Å². The van der Waals surface area contributed by atoms with Crippen molar-refractivity contribution in [3.05, 3.63) is 78.5 Å². The minimum absolute atomic E-state index is 0.0604. The molecule has 138 valence electrons. The second kappa shape index (κ2) is 6.29. The van der Waals surface area contributed by atoms with Gasteiger partial charge in [0.2, 0.25) is 0 Å². The first-order valence-electron chi connectivity index (χ1n) is 9.45. The highest BCUT2D eigenvalue weighted by Crippen LogP contribution is 2.43. The molecule has 0 heterocycles. The number of nitrogen functional groups attached to an aromatic ring is 2. The summed E-state index contributed by atoms with van der Waals surface area (Å²) in [4.78, 5) is 0. The molecule has 0 radical (unpaired) electrons. The van der Waals surface area contributed by atoms with Gasteiger partial charge in [0.15, 0.2) is 0 Å². The Balaban J connectivity index is 1.90. The Labute approximate surface area is 163 Å². The third kappa shape index (κ3) is 2.50. The van der Waals surface area contributed by atoms with E-state index in [1.165, 1.54) is 16.2 Å². The van der Waals surface area contributed by atoms with Crippen LogP contribution in [0.1, 0.15) is 6.42 Å². The van der Waals surface area contributed by atoms with Crippen LogP contribution < -0.4 is 22.5 Å². The molecule has 0 aliphatic heterocycles. The number of rotatable bonds is 2. The summed E-state index contributed by atoms with van der Waals surface area (Å²) in [6.45, 7) is 0. The van der Waals surface area contributed by atoms with E-state index in [2.05, 4.69) is 59.9 Å². The van der Waals surface area contributed by atoms with Crippen LogP contribution in [0.15, 0.2) is 78.5 Å². The van der Waals surface area contributed by atoms with Crippen molar-refractivity contribution >= 4 is 49.4 Å². The van der Waals surface area contributed by atoms with E-state index in [0.717, 1.165) is 34.0 Å². The summed E-state index contributed by atoms with van der Waals surface area (Å²) in [5.41, 5.74) is 21.7. The minimum atomic E-state index is 0.0604. The highest BCUT2D eigenvalue weighted by Gasteiger charge is 2.17. The van der Waals surface area contributed by atoms with Crippen molar-refractivity contribution in [3.8, 4) is 0 Å². The van der Waals surface area contributed by atoms with Crippen LogP contribution in [-0.4, -0.2) is 6.04 Å². The van der Waals surface area contributed by atoms with Crippen LogP contribution in [0, 0.1) is 0 Å². The Morgan fingerprint density at radius 1 is 0.821 bits per heavy atom. The molecule has 1 unspecified atom stereocenters. The smallest absolute Gasteiger partial charge is 0.0793 e. The number of nitrogens with two attached hydrogens (primary N) is 3. The summed E-state index contributed by atoms with van der Waals surface area (Å²) in [6.07, 6.45) is 6.90. The molecule has 1 aliphatic carbocycles. The van der Waals surface area contributed by atoms with E-state index in [1.807, 2.05) is 18.2 Å². The highest BCUT2D eigenvalue weighted by molar-refractivity contribution is 6.30. The van der Waals surface area contributed by atoms with Gasteiger partial charge in [0.05, 0.1) is 17.1 Å². The molecule has 4 nitrogen and oxygen atoms in total. The molecule has 7 N–H and O–H groups in total. The van der Waals surface area contributed by atoms with Crippen LogP contribution in [-0.2, 0) is 0 Å². The van der Waals surface area contributed by atoms with Crippen molar-refractivity contribution in [1.82, 2.24) is 0 Å². The van der Waals surface area contributed by atoms with Crippen LogP contribution in [0.2, 0.25) is 0 Å². The summed E-state index contributed by atoms with van der Waals surface area (Å²) in [7, 11) is 0. The molecule has 28 heavy (non-hydrogen) atoms. The van der Waals surface area contributed by atoms with E-state index in [1.54, 1.807) is 0 Å². The maximum absolute atomic E-state index is 6.46. The van der Waals surface area contributed by atoms with Crippen molar-refractivity contribution < 1.29 is 0 Å². The molecule has 0 fully saturated rings. The summed E-state index contributed by atoms with van der Waals surface area (Å²) >= 11 is 0. The quantitative estimate of drug-likeness (QED) is 0.300. The fourth-order valence-corrected chi connectivity index (χ4v) is 4.10. The number of nitrogens with one attached hydrogen (secondary N) is 1. The van der Waals surface area contributed by atoms with Crippen molar-refractivity contribution in [1.29, 1.82) is 0 Å². The summed E-state index contributed by atoms with van der Waals surface area (Å²) < 4.78 is 0. The largest absolute Gasteiger partial charge is 0.397 e. The zero-order valence-electron chi connectivity index (χ0n) is 15.4. The third-order valence-electron chi connectivity index (χ3n) is 5.51. The molecule has 4 heteroatoms. The van der Waals surface area contributed by atoms with Gasteiger partial charge in [-0.15, -0.1) is 0 Å². The predicted octanol–water partition coefficient (Wildman–Crippen LogP) is 4.89. The Bertz CT molecular complexity index is 1300. The van der Waals surface area contributed by atoms with Gasteiger partial charge < -0.3 is 22.5 Å². The van der Waals surface area contributed by atoms with Gasteiger partial charge in [-0.1, -0.05) is 60.7 Å². The molecular formula is C24H22N4. The maximum Gasteiger partial charge on any atom is 0.0793 e. The van der Waals surface area contributed by atoms with Crippen molar-refractivity contribution in [2.24, 2.45) is 5.73 Å². The Morgan fingerprint density at radius 2 is 1.43 bits per heavy atom. The van der Waals surface area contributed by atoms with Crippen LogP contribution >= 0.6 is 0 Å². The average Bonchev–Trinajstić information content (AvgIpc) is 2.73. The average molecular weight is 366 g/mol. The fraction of sp³-hybridized carbons (Fsp3) is 0.0833. The maximum atomic E-state index is 6.46. The van der Waals surface area contributed by atoms with Crippen LogP contribution in [0.3, 0.4) is 0 Å². The lowest BCUT2D eigenvalue weighted by Crippen LogP contribution is -2.19. The minimum Gasteiger partial charge on any atom is -0.397 e. The Kier molecular flexibility index (Phi) is 3.74. The zero-order chi connectivity index (χ0) is 19.3. The zero-order valence-corrected chi connectivity index (χ0v) is 15.4. The van der Waals surface area contributed by atoms with E-state index in [9.17, 15) is 0 Å². The lowest BCUT2D eigenvalue weighted by Gasteiger charge is -2.20. The van der Waals surface area contributed by atoms with E-state index < -0.39 is 0 Å². The van der Waals surface area contributed by atoms with E-state index in [0.29, 0.717) is 11.4 Å². The lowest BCUT2D eigenvalue weighted by molar-refractivity contribution is 0.819. The first kappa shape index (κ1) is 16.7. The fourth-order valence-electron chi connectivity index (χ4n) is 4.10. The number of allylic oxidation sites excluding steroid dienone is 1. The second-order valence-corrected chi connectivity index (χ2v) is 7.31. The molecular weight excluding hydrogens is 344 g/mol. The molecule has 0 aromatic heterocycles. The monoisotopic (exact) mass is 366 g/mol. The van der Waals surface area contributed by atoms with Crippen molar-refractivity contribution in [2.45, 2.75) is 12.5 Å². The van der Waals surface area contributed by atoms with E-state index in [-0.39, 0.29) is 6.04 Å². The summed E-state index contributed by atoms with van der Waals surface area (Å²) in [6, 6.07) is 18.9. The first-order valence-corrected chi connectivity index (χ1v) is 9.45. The van der Waals surface area contributed by atoms with Crippen molar-refractivity contribution in [3.63, 3.8) is 0 Å². The van der Waals surface area contributed by atoms with E-state index in [4.69, 9.17) is 17.2 Å². The first-order chi connectivity index (χ1) is 13.6. The van der Waals surface area contributed by atoms with Gasteiger partial charge in [0.25, 0.3) is 0 Å².